The second-order valence-electron chi connectivity index (χ2n) is 6.36. The molecule has 0 saturated heterocycles. The quantitative estimate of drug-likeness (QED) is 0.723. The van der Waals surface area contributed by atoms with Gasteiger partial charge in [-0.25, -0.2) is 9.97 Å². The van der Waals surface area contributed by atoms with E-state index in [-0.39, 0.29) is 0 Å². The fourth-order valence-corrected chi connectivity index (χ4v) is 2.66. The first-order valence-electron chi connectivity index (χ1n) is 8.59. The summed E-state index contributed by atoms with van der Waals surface area (Å²) in [6.45, 7) is 8.18. The maximum absolute atomic E-state index is 4.53. The predicted octanol–water partition coefficient (Wildman–Crippen LogP) is 3.76. The Hall–Kier alpha value is -2.14. The monoisotopic (exact) mass is 327 g/mol. The van der Waals surface area contributed by atoms with Crippen LogP contribution in [0.1, 0.15) is 30.3 Å². The zero-order valence-corrected chi connectivity index (χ0v) is 15.5. The Morgan fingerprint density at radius 2 is 1.83 bits per heavy atom. The highest BCUT2D eigenvalue weighted by Gasteiger charge is 2.07. The number of para-hydroxylation sites is 1. The van der Waals surface area contributed by atoms with Gasteiger partial charge in [-0.3, -0.25) is 0 Å². The Morgan fingerprint density at radius 3 is 2.54 bits per heavy atom. The highest BCUT2D eigenvalue weighted by molar-refractivity contribution is 5.66. The molecular weight excluding hydrogens is 298 g/mol. The molecule has 0 aliphatic carbocycles. The molecule has 24 heavy (non-hydrogen) atoms. The van der Waals surface area contributed by atoms with E-state index in [1.165, 1.54) is 11.1 Å². The molecule has 0 atom stereocenters. The van der Waals surface area contributed by atoms with Crippen LogP contribution in [0.15, 0.2) is 24.3 Å². The normalized spacial score (nSPS) is 10.9. The molecule has 0 radical (unpaired) electrons. The molecule has 1 heterocycles. The molecule has 5 heteroatoms. The van der Waals surface area contributed by atoms with Crippen molar-refractivity contribution in [3.63, 3.8) is 0 Å². The van der Waals surface area contributed by atoms with Gasteiger partial charge in [-0.05, 0) is 58.5 Å². The molecule has 2 rings (SSSR count). The number of hydrogen-bond acceptors (Lipinski definition) is 5. The number of aryl methyl sites for hydroxylation is 3. The number of aromatic nitrogens is 2. The van der Waals surface area contributed by atoms with E-state index < -0.39 is 0 Å². The van der Waals surface area contributed by atoms with E-state index in [0.717, 1.165) is 49.1 Å². The highest BCUT2D eigenvalue weighted by atomic mass is 15.1. The van der Waals surface area contributed by atoms with Crippen LogP contribution in [-0.4, -0.2) is 42.1 Å². The van der Waals surface area contributed by atoms with Crippen molar-refractivity contribution in [1.82, 2.24) is 14.9 Å². The molecule has 0 aliphatic heterocycles. The summed E-state index contributed by atoms with van der Waals surface area (Å²) in [7, 11) is 4.18. The molecule has 1 aromatic heterocycles. The third kappa shape index (κ3) is 5.20. The Labute approximate surface area is 145 Å². The molecule has 0 aliphatic rings. The minimum Gasteiger partial charge on any atom is -0.370 e. The molecular formula is C19H29N5. The van der Waals surface area contributed by atoms with Crippen LogP contribution in [0.25, 0.3) is 0 Å². The summed E-state index contributed by atoms with van der Waals surface area (Å²) in [6, 6.07) is 8.36. The van der Waals surface area contributed by atoms with E-state index in [1.807, 2.05) is 13.0 Å². The van der Waals surface area contributed by atoms with Crippen LogP contribution in [0.4, 0.5) is 17.3 Å². The van der Waals surface area contributed by atoms with Crippen molar-refractivity contribution in [2.75, 3.05) is 37.8 Å². The Morgan fingerprint density at radius 1 is 1.08 bits per heavy atom. The van der Waals surface area contributed by atoms with Crippen molar-refractivity contribution in [2.45, 2.75) is 33.6 Å². The highest BCUT2D eigenvalue weighted by Crippen LogP contribution is 2.25. The van der Waals surface area contributed by atoms with Crippen molar-refractivity contribution >= 4 is 17.3 Å². The number of anilines is 3. The van der Waals surface area contributed by atoms with Crippen LogP contribution in [0.3, 0.4) is 0 Å². The summed E-state index contributed by atoms with van der Waals surface area (Å²) in [5.74, 6) is 2.47. The first kappa shape index (κ1) is 18.2. The van der Waals surface area contributed by atoms with Crippen molar-refractivity contribution in [2.24, 2.45) is 0 Å². The minimum absolute atomic E-state index is 0.766. The van der Waals surface area contributed by atoms with Gasteiger partial charge in [0.1, 0.15) is 17.5 Å². The standard InChI is InChI=1S/C19H29N5/c1-6-16-10-7-9-14(2)19(16)23-18-13-17(21-15(3)22-18)20-11-8-12-24(4)5/h7,9-10,13H,6,8,11-12H2,1-5H3,(H2,20,21,22,23). The van der Waals surface area contributed by atoms with Crippen LogP contribution in [0, 0.1) is 13.8 Å². The molecule has 2 N–H and O–H groups in total. The van der Waals surface area contributed by atoms with Gasteiger partial charge in [-0.1, -0.05) is 25.1 Å². The third-order valence-corrected chi connectivity index (χ3v) is 3.92. The smallest absolute Gasteiger partial charge is 0.136 e. The summed E-state index contributed by atoms with van der Waals surface area (Å²) in [5.41, 5.74) is 3.68. The van der Waals surface area contributed by atoms with Crippen LogP contribution in [0.5, 0.6) is 0 Å². The van der Waals surface area contributed by atoms with Gasteiger partial charge in [0.15, 0.2) is 0 Å². The second kappa shape index (κ2) is 8.64. The van der Waals surface area contributed by atoms with Crippen LogP contribution < -0.4 is 10.6 Å². The van der Waals surface area contributed by atoms with Crippen molar-refractivity contribution in [1.29, 1.82) is 0 Å². The minimum atomic E-state index is 0.766. The lowest BCUT2D eigenvalue weighted by Crippen LogP contribution is -2.17. The average Bonchev–Trinajstić information content (AvgIpc) is 2.53. The van der Waals surface area contributed by atoms with Gasteiger partial charge in [0.2, 0.25) is 0 Å². The lowest BCUT2D eigenvalue weighted by molar-refractivity contribution is 0.405. The fraction of sp³-hybridized carbons (Fsp3) is 0.474. The lowest BCUT2D eigenvalue weighted by Gasteiger charge is -2.15. The molecule has 0 fully saturated rings. The van der Waals surface area contributed by atoms with Gasteiger partial charge in [-0.2, -0.15) is 0 Å². The number of benzene rings is 1. The van der Waals surface area contributed by atoms with Gasteiger partial charge in [0.05, 0.1) is 0 Å². The van der Waals surface area contributed by atoms with Crippen molar-refractivity contribution in [3.05, 3.63) is 41.2 Å². The first-order valence-corrected chi connectivity index (χ1v) is 8.59. The second-order valence-corrected chi connectivity index (χ2v) is 6.36. The van der Waals surface area contributed by atoms with Gasteiger partial charge in [0.25, 0.3) is 0 Å². The fourth-order valence-electron chi connectivity index (χ4n) is 2.66. The average molecular weight is 327 g/mol. The molecule has 0 saturated carbocycles. The van der Waals surface area contributed by atoms with Gasteiger partial charge < -0.3 is 15.5 Å². The van der Waals surface area contributed by atoms with E-state index in [9.17, 15) is 0 Å². The number of hydrogen-bond donors (Lipinski definition) is 2. The number of nitrogens with one attached hydrogen (secondary N) is 2. The Bertz CT molecular complexity index is 667. The van der Waals surface area contributed by atoms with Gasteiger partial charge in [0, 0.05) is 18.3 Å². The number of rotatable bonds is 8. The van der Waals surface area contributed by atoms with E-state index in [4.69, 9.17) is 0 Å². The predicted molar refractivity (Wildman–Crippen MR) is 102 cm³/mol. The van der Waals surface area contributed by atoms with E-state index in [0.29, 0.717) is 0 Å². The SMILES string of the molecule is CCc1cccc(C)c1Nc1cc(NCCCN(C)C)nc(C)n1. The largest absolute Gasteiger partial charge is 0.370 e. The maximum atomic E-state index is 4.53. The van der Waals surface area contributed by atoms with Crippen LogP contribution >= 0.6 is 0 Å². The summed E-state index contributed by atoms with van der Waals surface area (Å²) >= 11 is 0. The number of nitrogens with zero attached hydrogens (tertiary/aromatic N) is 3. The molecule has 1 aromatic carbocycles. The molecule has 0 unspecified atom stereocenters. The van der Waals surface area contributed by atoms with Crippen molar-refractivity contribution < 1.29 is 0 Å². The zero-order valence-electron chi connectivity index (χ0n) is 15.5. The molecule has 0 amide bonds. The zero-order chi connectivity index (χ0) is 17.5. The van der Waals surface area contributed by atoms with E-state index >= 15 is 0 Å². The first-order chi connectivity index (χ1) is 11.5. The molecule has 5 nitrogen and oxygen atoms in total. The van der Waals surface area contributed by atoms with Crippen molar-refractivity contribution in [3.8, 4) is 0 Å². The Kier molecular flexibility index (Phi) is 6.55. The van der Waals surface area contributed by atoms with E-state index in [2.05, 4.69) is 71.6 Å². The summed E-state index contributed by atoms with van der Waals surface area (Å²) < 4.78 is 0. The molecule has 0 bridgehead atoms. The molecule has 130 valence electrons. The topological polar surface area (TPSA) is 53.1 Å². The summed E-state index contributed by atoms with van der Waals surface area (Å²) in [5, 5.41) is 6.87. The molecule has 2 aromatic rings. The maximum Gasteiger partial charge on any atom is 0.136 e. The molecule has 0 spiro atoms. The van der Waals surface area contributed by atoms with Gasteiger partial charge >= 0.3 is 0 Å². The Balaban J connectivity index is 2.11. The summed E-state index contributed by atoms with van der Waals surface area (Å²) in [6.07, 6.45) is 2.07. The van der Waals surface area contributed by atoms with Gasteiger partial charge in [-0.15, -0.1) is 0 Å². The van der Waals surface area contributed by atoms with Crippen LogP contribution in [-0.2, 0) is 6.42 Å². The lowest BCUT2D eigenvalue weighted by atomic mass is 10.1. The van der Waals surface area contributed by atoms with Crippen LogP contribution in [0.2, 0.25) is 0 Å². The van der Waals surface area contributed by atoms with E-state index in [1.54, 1.807) is 0 Å². The third-order valence-electron chi connectivity index (χ3n) is 3.92. The summed E-state index contributed by atoms with van der Waals surface area (Å²) in [4.78, 5) is 11.2.